The minimum Gasteiger partial charge on any atom is -0.462 e. The first-order valence-corrected chi connectivity index (χ1v) is 27.6. The van der Waals surface area contributed by atoms with E-state index in [0.717, 1.165) is 96.3 Å². The van der Waals surface area contributed by atoms with Crippen molar-refractivity contribution in [2.75, 3.05) is 6.61 Å². The van der Waals surface area contributed by atoms with Gasteiger partial charge in [0.2, 0.25) is 5.91 Å². The Labute approximate surface area is 407 Å². The first-order valence-electron chi connectivity index (χ1n) is 27.6. The number of unbranched alkanes of at least 4 members (excludes halogenated alkanes) is 26. The Morgan fingerprint density at radius 3 is 1.21 bits per heavy atom. The van der Waals surface area contributed by atoms with E-state index < -0.39 is 18.2 Å². The first-order chi connectivity index (χ1) is 32.5. The maximum absolute atomic E-state index is 13.2. The predicted molar refractivity (Wildman–Crippen MR) is 287 cm³/mol. The molecule has 3 atom stereocenters. The number of allylic oxidation sites excluding steroid dienone is 16. The van der Waals surface area contributed by atoms with Crippen molar-refractivity contribution >= 4 is 11.9 Å². The molecular formula is C60H103NO5. The molecule has 0 aromatic rings. The van der Waals surface area contributed by atoms with Crippen LogP contribution in [0.15, 0.2) is 97.2 Å². The highest BCUT2D eigenvalue weighted by atomic mass is 16.5. The topological polar surface area (TPSA) is 95.9 Å². The van der Waals surface area contributed by atoms with Gasteiger partial charge < -0.3 is 20.3 Å². The molecule has 0 saturated carbocycles. The Morgan fingerprint density at radius 2 is 0.773 bits per heavy atom. The van der Waals surface area contributed by atoms with E-state index in [-0.39, 0.29) is 24.9 Å². The molecular weight excluding hydrogens is 815 g/mol. The van der Waals surface area contributed by atoms with Crippen LogP contribution >= 0.6 is 0 Å². The Balaban J connectivity index is 4.73. The average molecular weight is 918 g/mol. The summed E-state index contributed by atoms with van der Waals surface area (Å²) in [6.07, 6.45) is 70.2. The molecule has 0 heterocycles. The zero-order chi connectivity index (χ0) is 48.1. The summed E-state index contributed by atoms with van der Waals surface area (Å²) in [5, 5.41) is 23.8. The fourth-order valence-electron chi connectivity index (χ4n) is 7.87. The van der Waals surface area contributed by atoms with Gasteiger partial charge in [-0.25, -0.2) is 0 Å². The van der Waals surface area contributed by atoms with E-state index in [0.29, 0.717) is 19.3 Å². The maximum atomic E-state index is 13.2. The smallest absolute Gasteiger partial charge is 0.306 e. The summed E-state index contributed by atoms with van der Waals surface area (Å²) in [5.41, 5.74) is 0. The van der Waals surface area contributed by atoms with Gasteiger partial charge in [-0.3, -0.25) is 9.59 Å². The summed E-state index contributed by atoms with van der Waals surface area (Å²) in [6, 6.07) is -0.726. The fourth-order valence-corrected chi connectivity index (χ4v) is 7.87. The molecule has 0 aliphatic heterocycles. The summed E-state index contributed by atoms with van der Waals surface area (Å²) in [7, 11) is 0. The molecule has 0 radical (unpaired) electrons. The molecule has 0 fully saturated rings. The molecule has 0 rings (SSSR count). The molecule has 1 amide bonds. The van der Waals surface area contributed by atoms with Crippen LogP contribution in [0, 0.1) is 0 Å². The molecule has 6 heteroatoms. The zero-order valence-corrected chi connectivity index (χ0v) is 43.0. The second-order valence-electron chi connectivity index (χ2n) is 18.5. The lowest BCUT2D eigenvalue weighted by Crippen LogP contribution is -2.46. The van der Waals surface area contributed by atoms with Gasteiger partial charge in [-0.2, -0.15) is 0 Å². The second kappa shape index (κ2) is 52.7. The van der Waals surface area contributed by atoms with E-state index in [1.807, 2.05) is 6.08 Å². The van der Waals surface area contributed by atoms with Crippen molar-refractivity contribution in [2.45, 2.75) is 264 Å². The molecule has 0 aliphatic rings. The molecule has 0 saturated heterocycles. The van der Waals surface area contributed by atoms with Gasteiger partial charge in [0.15, 0.2) is 0 Å². The molecule has 378 valence electrons. The van der Waals surface area contributed by atoms with Crippen molar-refractivity contribution in [3.05, 3.63) is 97.2 Å². The highest BCUT2D eigenvalue weighted by Gasteiger charge is 2.24. The molecule has 0 bridgehead atoms. The lowest BCUT2D eigenvalue weighted by atomic mass is 10.0. The number of esters is 1. The van der Waals surface area contributed by atoms with Crippen molar-refractivity contribution in [2.24, 2.45) is 0 Å². The average Bonchev–Trinajstić information content (AvgIpc) is 3.31. The molecule has 0 aliphatic carbocycles. The summed E-state index contributed by atoms with van der Waals surface area (Å²) >= 11 is 0. The van der Waals surface area contributed by atoms with Crippen molar-refractivity contribution in [1.82, 2.24) is 5.32 Å². The summed E-state index contributed by atoms with van der Waals surface area (Å²) in [4.78, 5) is 26.2. The number of rotatable bonds is 48. The number of aliphatic hydroxyl groups is 2. The van der Waals surface area contributed by atoms with Gasteiger partial charge in [-0.1, -0.05) is 253 Å². The van der Waals surface area contributed by atoms with Crippen molar-refractivity contribution < 1.29 is 24.5 Å². The predicted octanol–water partition coefficient (Wildman–Crippen LogP) is 16.9. The zero-order valence-electron chi connectivity index (χ0n) is 43.0. The third-order valence-electron chi connectivity index (χ3n) is 12.1. The highest BCUT2D eigenvalue weighted by Crippen LogP contribution is 2.17. The molecule has 0 aromatic carbocycles. The number of amides is 1. The van der Waals surface area contributed by atoms with Crippen LogP contribution in [0.25, 0.3) is 0 Å². The normalized spacial score (nSPS) is 14.0. The van der Waals surface area contributed by atoms with Crippen LogP contribution in [0.1, 0.15) is 245 Å². The van der Waals surface area contributed by atoms with Crippen molar-refractivity contribution in [3.8, 4) is 0 Å². The van der Waals surface area contributed by atoms with Crippen LogP contribution in [-0.4, -0.2) is 46.9 Å². The van der Waals surface area contributed by atoms with Gasteiger partial charge in [0.05, 0.1) is 25.2 Å². The third-order valence-corrected chi connectivity index (χ3v) is 12.1. The molecule has 66 heavy (non-hydrogen) atoms. The molecule has 3 unspecified atom stereocenters. The quantitative estimate of drug-likeness (QED) is 0.0321. The fraction of sp³-hybridized carbons (Fsp3) is 0.700. The Kier molecular flexibility index (Phi) is 50.2. The van der Waals surface area contributed by atoms with E-state index in [1.54, 1.807) is 0 Å². The number of carbonyl (C=O) groups is 2. The minimum atomic E-state index is -0.809. The summed E-state index contributed by atoms with van der Waals surface area (Å²) in [6.45, 7) is 6.39. The van der Waals surface area contributed by atoms with Gasteiger partial charge in [-0.15, -0.1) is 0 Å². The third kappa shape index (κ3) is 47.3. The van der Waals surface area contributed by atoms with E-state index in [9.17, 15) is 19.8 Å². The van der Waals surface area contributed by atoms with E-state index in [4.69, 9.17) is 4.74 Å². The van der Waals surface area contributed by atoms with Gasteiger partial charge >= 0.3 is 5.97 Å². The SMILES string of the molecule is CCCCC/C=C/C=C/C=C/C=C/CCCCCCCC(=O)OC(CCCCC/C=C/C=C/C=C/C=C/CCCCC)CC(=O)NC(CO)C(O)CCCCCCCCCCCCCCC. The second-order valence-corrected chi connectivity index (χ2v) is 18.5. The van der Waals surface area contributed by atoms with E-state index >= 15 is 0 Å². The van der Waals surface area contributed by atoms with Crippen LogP contribution in [-0.2, 0) is 14.3 Å². The summed E-state index contributed by atoms with van der Waals surface area (Å²) < 4.78 is 5.92. The van der Waals surface area contributed by atoms with Crippen LogP contribution in [0.3, 0.4) is 0 Å². The van der Waals surface area contributed by atoms with Gasteiger partial charge in [-0.05, 0) is 77.0 Å². The monoisotopic (exact) mass is 918 g/mol. The Morgan fingerprint density at radius 1 is 0.439 bits per heavy atom. The Bertz CT molecular complexity index is 1310. The van der Waals surface area contributed by atoms with Crippen molar-refractivity contribution in [1.29, 1.82) is 0 Å². The number of carbonyl (C=O) groups excluding carboxylic acids is 2. The van der Waals surface area contributed by atoms with Crippen LogP contribution in [0.4, 0.5) is 0 Å². The number of hydrogen-bond donors (Lipinski definition) is 3. The Hall–Kier alpha value is -3.22. The van der Waals surface area contributed by atoms with E-state index in [2.05, 4.69) is 117 Å². The number of ether oxygens (including phenoxy) is 1. The van der Waals surface area contributed by atoms with Gasteiger partial charge in [0.25, 0.3) is 0 Å². The molecule has 0 spiro atoms. The number of aliphatic hydroxyl groups excluding tert-OH is 2. The van der Waals surface area contributed by atoms with Crippen LogP contribution in [0.2, 0.25) is 0 Å². The lowest BCUT2D eigenvalue weighted by molar-refractivity contribution is -0.151. The van der Waals surface area contributed by atoms with Crippen molar-refractivity contribution in [3.63, 3.8) is 0 Å². The van der Waals surface area contributed by atoms with Gasteiger partial charge in [0.1, 0.15) is 6.10 Å². The maximum Gasteiger partial charge on any atom is 0.306 e. The van der Waals surface area contributed by atoms with Gasteiger partial charge in [0, 0.05) is 6.42 Å². The highest BCUT2D eigenvalue weighted by molar-refractivity contribution is 5.77. The largest absolute Gasteiger partial charge is 0.462 e. The molecule has 3 N–H and O–H groups in total. The first kappa shape index (κ1) is 62.8. The van der Waals surface area contributed by atoms with Crippen LogP contribution in [0.5, 0.6) is 0 Å². The van der Waals surface area contributed by atoms with Crippen LogP contribution < -0.4 is 5.32 Å². The van der Waals surface area contributed by atoms with E-state index in [1.165, 1.54) is 103 Å². The standard InChI is InChI=1S/C60H103NO5/c1-4-7-10-13-16-19-22-25-27-29-30-32-35-38-41-44-47-50-53-60(65)66-56(51-48-45-42-39-36-34-31-28-26-23-20-17-14-11-8-5-2)54-59(64)61-57(55-62)58(63)52-49-46-43-40-37-33-24-21-18-15-12-9-6-3/h16-17,19-20,22-23,25-32,34,36,56-58,62-63H,4-15,18,21,24,33,35,37-55H2,1-3H3,(H,61,64)/b19-16+,20-17+,25-22+,26-23+,29-27+,31-28+,32-30+,36-34+. The summed E-state index contributed by atoms with van der Waals surface area (Å²) in [5.74, 6) is -0.543. The number of hydrogen-bond acceptors (Lipinski definition) is 5. The lowest BCUT2D eigenvalue weighted by Gasteiger charge is -2.24. The molecule has 0 aromatic heterocycles. The molecule has 6 nitrogen and oxygen atoms in total. The number of nitrogens with one attached hydrogen (secondary N) is 1. The minimum absolute atomic E-state index is 0.0367.